The van der Waals surface area contributed by atoms with E-state index >= 15 is 0 Å². The number of nitrogens with two attached hydrogens (primary N) is 1. The van der Waals surface area contributed by atoms with Crippen LogP contribution in [0.4, 0.5) is 0 Å². The fourth-order valence-electron chi connectivity index (χ4n) is 3.28. The summed E-state index contributed by atoms with van der Waals surface area (Å²) in [4.78, 5) is 0. The molecule has 1 fully saturated rings. The summed E-state index contributed by atoms with van der Waals surface area (Å²) in [5.74, 6) is 0.762. The van der Waals surface area contributed by atoms with Crippen molar-refractivity contribution in [1.82, 2.24) is 0 Å². The lowest BCUT2D eigenvalue weighted by molar-refractivity contribution is 0.219. The Hall–Kier alpha value is -0.820. The Kier molecular flexibility index (Phi) is 4.11. The first-order chi connectivity index (χ1) is 8.46. The molecule has 1 aliphatic carbocycles. The minimum atomic E-state index is 0.254. The maximum atomic E-state index is 5.84. The lowest BCUT2D eigenvalue weighted by Crippen LogP contribution is -2.21. The van der Waals surface area contributed by atoms with Crippen LogP contribution in [-0.4, -0.2) is 6.04 Å². The van der Waals surface area contributed by atoms with Crippen LogP contribution >= 0.6 is 0 Å². The van der Waals surface area contributed by atoms with Crippen molar-refractivity contribution in [2.75, 3.05) is 0 Å². The second-order valence-electron chi connectivity index (χ2n) is 6.88. The van der Waals surface area contributed by atoms with Crippen molar-refractivity contribution in [2.24, 2.45) is 11.1 Å². The highest BCUT2D eigenvalue weighted by Crippen LogP contribution is 2.43. The molecule has 0 saturated heterocycles. The van der Waals surface area contributed by atoms with Crippen LogP contribution in [0.15, 0.2) is 24.3 Å². The summed E-state index contributed by atoms with van der Waals surface area (Å²) in [5.41, 5.74) is 9.25. The van der Waals surface area contributed by atoms with Gasteiger partial charge in [-0.2, -0.15) is 0 Å². The highest BCUT2D eigenvalue weighted by molar-refractivity contribution is 5.26. The van der Waals surface area contributed by atoms with Crippen molar-refractivity contribution < 1.29 is 0 Å². The number of hydrogen-bond acceptors (Lipinski definition) is 1. The average Bonchev–Trinajstić information content (AvgIpc) is 2.28. The van der Waals surface area contributed by atoms with Gasteiger partial charge in [0.1, 0.15) is 0 Å². The summed E-state index contributed by atoms with van der Waals surface area (Å²) >= 11 is 0. The predicted molar refractivity (Wildman–Crippen MR) is 78.8 cm³/mol. The van der Waals surface area contributed by atoms with E-state index in [2.05, 4.69) is 45.0 Å². The van der Waals surface area contributed by atoms with Crippen LogP contribution in [0.25, 0.3) is 0 Å². The minimum Gasteiger partial charge on any atom is -0.328 e. The third-order valence-electron chi connectivity index (χ3n) is 4.21. The molecule has 0 aromatic heterocycles. The van der Waals surface area contributed by atoms with Crippen LogP contribution < -0.4 is 5.73 Å². The van der Waals surface area contributed by atoms with Gasteiger partial charge in [0.15, 0.2) is 0 Å². The molecular formula is C17H27N. The van der Waals surface area contributed by atoms with Gasteiger partial charge >= 0.3 is 0 Å². The summed E-state index contributed by atoms with van der Waals surface area (Å²) in [6.07, 6.45) is 6.43. The molecule has 2 rings (SSSR count). The van der Waals surface area contributed by atoms with Gasteiger partial charge in [-0.05, 0) is 55.1 Å². The quantitative estimate of drug-likeness (QED) is 0.846. The Balaban J connectivity index is 2.05. The van der Waals surface area contributed by atoms with E-state index < -0.39 is 0 Å². The monoisotopic (exact) mass is 245 g/mol. The molecule has 2 atom stereocenters. The predicted octanol–water partition coefficient (Wildman–Crippen LogP) is 4.26. The van der Waals surface area contributed by atoms with Crippen LogP contribution in [0.1, 0.15) is 63.5 Å². The van der Waals surface area contributed by atoms with E-state index in [-0.39, 0.29) is 6.04 Å². The third kappa shape index (κ3) is 3.58. The van der Waals surface area contributed by atoms with E-state index in [0.29, 0.717) is 5.41 Å². The third-order valence-corrected chi connectivity index (χ3v) is 4.21. The molecule has 0 radical (unpaired) electrons. The van der Waals surface area contributed by atoms with Gasteiger partial charge in [-0.1, -0.05) is 44.5 Å². The first-order valence-corrected chi connectivity index (χ1v) is 7.31. The molecule has 0 bridgehead atoms. The molecule has 1 nitrogen and oxygen atoms in total. The Morgan fingerprint density at radius 1 is 1.28 bits per heavy atom. The van der Waals surface area contributed by atoms with Crippen molar-refractivity contribution in [3.05, 3.63) is 35.4 Å². The largest absolute Gasteiger partial charge is 0.328 e. The Labute approximate surface area is 112 Å². The lowest BCUT2D eigenvalue weighted by atomic mass is 9.70. The molecule has 100 valence electrons. The molecule has 2 unspecified atom stereocenters. The van der Waals surface area contributed by atoms with E-state index in [1.165, 1.54) is 36.8 Å². The van der Waals surface area contributed by atoms with Gasteiger partial charge in [0, 0.05) is 6.04 Å². The van der Waals surface area contributed by atoms with E-state index in [0.717, 1.165) is 12.3 Å². The summed E-state index contributed by atoms with van der Waals surface area (Å²) < 4.78 is 0. The highest BCUT2D eigenvalue weighted by atomic mass is 14.6. The van der Waals surface area contributed by atoms with E-state index in [1.807, 2.05) is 0 Å². The fraction of sp³-hybridized carbons (Fsp3) is 0.647. The van der Waals surface area contributed by atoms with Gasteiger partial charge in [-0.25, -0.2) is 0 Å². The number of benzene rings is 1. The Bertz CT molecular complexity index is 375. The van der Waals surface area contributed by atoms with Gasteiger partial charge in [-0.15, -0.1) is 0 Å². The van der Waals surface area contributed by atoms with Gasteiger partial charge in [0.05, 0.1) is 0 Å². The zero-order chi connectivity index (χ0) is 13.2. The molecule has 1 aromatic carbocycles. The molecule has 18 heavy (non-hydrogen) atoms. The van der Waals surface area contributed by atoms with Gasteiger partial charge in [0.2, 0.25) is 0 Å². The molecule has 0 amide bonds. The van der Waals surface area contributed by atoms with Crippen molar-refractivity contribution in [1.29, 1.82) is 0 Å². The van der Waals surface area contributed by atoms with Crippen molar-refractivity contribution in [2.45, 2.75) is 64.8 Å². The standard InChI is InChI=1S/C17H27N/c1-13(18)11-14-6-8-15(9-7-14)16-5-4-10-17(2,3)12-16/h6-9,13,16H,4-5,10-12,18H2,1-3H3. The van der Waals surface area contributed by atoms with Crippen LogP contribution in [-0.2, 0) is 6.42 Å². The zero-order valence-electron chi connectivity index (χ0n) is 12.1. The maximum Gasteiger partial charge on any atom is 0.00509 e. The summed E-state index contributed by atoms with van der Waals surface area (Å²) in [5, 5.41) is 0. The van der Waals surface area contributed by atoms with Crippen LogP contribution in [0.3, 0.4) is 0 Å². The minimum absolute atomic E-state index is 0.254. The topological polar surface area (TPSA) is 26.0 Å². The second kappa shape index (κ2) is 5.44. The first-order valence-electron chi connectivity index (χ1n) is 7.31. The molecule has 0 heterocycles. The molecule has 0 aliphatic heterocycles. The smallest absolute Gasteiger partial charge is 0.00509 e. The number of rotatable bonds is 3. The van der Waals surface area contributed by atoms with Crippen LogP contribution in [0.2, 0.25) is 0 Å². The SMILES string of the molecule is CC(N)Cc1ccc(C2CCCC(C)(C)C2)cc1. The molecule has 1 heteroatoms. The van der Waals surface area contributed by atoms with Crippen molar-refractivity contribution >= 4 is 0 Å². The number of hydrogen-bond donors (Lipinski definition) is 1. The molecule has 0 spiro atoms. The molecular weight excluding hydrogens is 218 g/mol. The average molecular weight is 245 g/mol. The fourth-order valence-corrected chi connectivity index (χ4v) is 3.28. The van der Waals surface area contributed by atoms with E-state index in [4.69, 9.17) is 5.73 Å². The first kappa shape index (κ1) is 13.6. The second-order valence-corrected chi connectivity index (χ2v) is 6.88. The Morgan fingerprint density at radius 2 is 1.94 bits per heavy atom. The molecule has 1 saturated carbocycles. The van der Waals surface area contributed by atoms with Gasteiger partial charge in [0.25, 0.3) is 0 Å². The molecule has 2 N–H and O–H groups in total. The molecule has 1 aliphatic rings. The van der Waals surface area contributed by atoms with Crippen molar-refractivity contribution in [3.8, 4) is 0 Å². The maximum absolute atomic E-state index is 5.84. The summed E-state index contributed by atoms with van der Waals surface area (Å²) in [6.45, 7) is 6.88. The van der Waals surface area contributed by atoms with Crippen LogP contribution in [0.5, 0.6) is 0 Å². The van der Waals surface area contributed by atoms with E-state index in [9.17, 15) is 0 Å². The van der Waals surface area contributed by atoms with Crippen LogP contribution in [0, 0.1) is 5.41 Å². The lowest BCUT2D eigenvalue weighted by Gasteiger charge is -2.35. The van der Waals surface area contributed by atoms with Gasteiger partial charge < -0.3 is 5.73 Å². The van der Waals surface area contributed by atoms with Crippen molar-refractivity contribution in [3.63, 3.8) is 0 Å². The van der Waals surface area contributed by atoms with E-state index in [1.54, 1.807) is 0 Å². The van der Waals surface area contributed by atoms with Gasteiger partial charge in [-0.3, -0.25) is 0 Å². The summed E-state index contributed by atoms with van der Waals surface area (Å²) in [6, 6.07) is 9.43. The Morgan fingerprint density at radius 3 is 2.50 bits per heavy atom. The molecule has 1 aromatic rings. The zero-order valence-corrected chi connectivity index (χ0v) is 12.1. The highest BCUT2D eigenvalue weighted by Gasteiger charge is 2.28. The summed E-state index contributed by atoms with van der Waals surface area (Å²) in [7, 11) is 0. The normalized spacial score (nSPS) is 24.8.